The molecule has 3 heterocycles. The fraction of sp³-hybridized carbons (Fsp3) is 0.500. The number of nitrogens with zero attached hydrogens (tertiary/aromatic N) is 3. The van der Waals surface area contributed by atoms with Crippen LogP contribution in [0.3, 0.4) is 0 Å². The summed E-state index contributed by atoms with van der Waals surface area (Å²) >= 11 is 3.77. The van der Waals surface area contributed by atoms with Gasteiger partial charge >= 0.3 is 0 Å². The lowest BCUT2D eigenvalue weighted by Crippen LogP contribution is -2.60. The lowest BCUT2D eigenvalue weighted by molar-refractivity contribution is -0.148. The van der Waals surface area contributed by atoms with Gasteiger partial charge in [0.1, 0.15) is 11.6 Å². The largest absolute Gasteiger partial charge is 0.394 e. The van der Waals surface area contributed by atoms with Gasteiger partial charge in [-0.25, -0.2) is 0 Å². The van der Waals surface area contributed by atoms with Gasteiger partial charge in [0.05, 0.1) is 30.6 Å². The topological polar surface area (TPSA) is 90.4 Å². The first-order valence-electron chi connectivity index (χ1n) is 15.2. The maximum absolute atomic E-state index is 14.9. The molecule has 1 spiro atoms. The monoisotopic (exact) mass is 651 g/mol. The van der Waals surface area contributed by atoms with E-state index in [1.165, 1.54) is 0 Å². The number of aliphatic hydroxyl groups is 1. The number of carbonyl (C=O) groups is 3. The number of fused-ring (bicyclic) bond motifs is 2. The summed E-state index contributed by atoms with van der Waals surface area (Å²) in [5, 5.41) is 12.6. The van der Waals surface area contributed by atoms with E-state index in [0.717, 1.165) is 17.2 Å². The molecule has 9 heteroatoms. The van der Waals surface area contributed by atoms with Gasteiger partial charge in [0.25, 0.3) is 5.91 Å². The molecule has 8 nitrogen and oxygen atoms in total. The van der Waals surface area contributed by atoms with E-state index in [9.17, 15) is 19.5 Å². The molecule has 0 radical (unpaired) electrons. The Kier molecular flexibility index (Phi) is 9.16. The predicted octanol–water partition coefficient (Wildman–Crippen LogP) is 4.55. The Labute approximate surface area is 262 Å². The van der Waals surface area contributed by atoms with E-state index in [-0.39, 0.29) is 41.6 Å². The molecule has 2 aromatic carbocycles. The van der Waals surface area contributed by atoms with Crippen molar-refractivity contribution in [2.24, 2.45) is 17.8 Å². The number of anilines is 1. The highest BCUT2D eigenvalue weighted by Gasteiger charge is 2.77. The molecule has 3 saturated heterocycles. The average Bonchev–Trinajstić information content (AvgIpc) is 3.58. The van der Waals surface area contributed by atoms with Crippen molar-refractivity contribution in [1.29, 1.82) is 0 Å². The molecule has 7 atom stereocenters. The summed E-state index contributed by atoms with van der Waals surface area (Å²) in [6.07, 6.45) is 3.96. The Morgan fingerprint density at radius 2 is 1.84 bits per heavy atom. The molecule has 3 aliphatic heterocycles. The van der Waals surface area contributed by atoms with E-state index in [1.807, 2.05) is 63.2 Å². The van der Waals surface area contributed by atoms with Crippen molar-refractivity contribution in [2.75, 3.05) is 31.1 Å². The van der Waals surface area contributed by atoms with Crippen LogP contribution in [0.1, 0.15) is 33.6 Å². The quantitative estimate of drug-likeness (QED) is 0.269. The summed E-state index contributed by atoms with van der Waals surface area (Å²) in [5.41, 5.74) is -0.547. The highest BCUT2D eigenvalue weighted by atomic mass is 79.9. The van der Waals surface area contributed by atoms with Gasteiger partial charge in [-0.3, -0.25) is 14.4 Å². The zero-order valence-electron chi connectivity index (χ0n) is 25.2. The first-order valence-corrected chi connectivity index (χ1v) is 16.1. The number of hydrogen-bond donors (Lipinski definition) is 1. The number of likely N-dealkylation sites (tertiary alicyclic amines) is 1. The summed E-state index contributed by atoms with van der Waals surface area (Å²) in [5.74, 6) is -2.51. The van der Waals surface area contributed by atoms with E-state index in [1.54, 1.807) is 26.9 Å². The summed E-state index contributed by atoms with van der Waals surface area (Å²) < 4.78 is 6.74. The molecule has 230 valence electrons. The highest BCUT2D eigenvalue weighted by Crippen LogP contribution is 2.61. The lowest BCUT2D eigenvalue weighted by Gasteiger charge is -2.40. The fourth-order valence-electron chi connectivity index (χ4n) is 7.48. The maximum atomic E-state index is 14.9. The first-order chi connectivity index (χ1) is 20.6. The minimum atomic E-state index is -1.22. The first kappa shape index (κ1) is 31.4. The van der Waals surface area contributed by atoms with E-state index in [2.05, 4.69) is 29.1 Å². The minimum Gasteiger partial charge on any atom is -0.394 e. The predicted molar refractivity (Wildman–Crippen MR) is 172 cm³/mol. The van der Waals surface area contributed by atoms with Crippen LogP contribution < -0.4 is 4.90 Å². The SMILES string of the molecule is C=CCN(CCC)C(=O)[C@H]1[C@@H]2OC3(CC2Br)C(C(=O)N(CC=C)c2ccc4ccccc4c2)N([C@@H](CO)C(C)C)C(=O)[C@H]13. The van der Waals surface area contributed by atoms with Gasteiger partial charge in [-0.05, 0) is 41.7 Å². The van der Waals surface area contributed by atoms with Crippen molar-refractivity contribution in [1.82, 2.24) is 9.80 Å². The number of benzene rings is 2. The molecule has 43 heavy (non-hydrogen) atoms. The van der Waals surface area contributed by atoms with E-state index in [4.69, 9.17) is 4.74 Å². The molecule has 0 aliphatic carbocycles. The third-order valence-electron chi connectivity index (χ3n) is 9.34. The van der Waals surface area contributed by atoms with E-state index in [0.29, 0.717) is 25.2 Å². The van der Waals surface area contributed by atoms with Crippen LogP contribution in [0.2, 0.25) is 0 Å². The molecular formula is C34H42BrN3O5. The van der Waals surface area contributed by atoms with Crippen LogP contribution in [0.15, 0.2) is 67.8 Å². The Morgan fingerprint density at radius 1 is 1.14 bits per heavy atom. The molecule has 3 aliphatic rings. The van der Waals surface area contributed by atoms with Crippen molar-refractivity contribution in [3.63, 3.8) is 0 Å². The van der Waals surface area contributed by atoms with Crippen LogP contribution in [0.5, 0.6) is 0 Å². The number of carbonyl (C=O) groups excluding carboxylic acids is 3. The molecule has 3 unspecified atom stereocenters. The standard InChI is InChI=1S/C34H42BrN3O5/c1-6-15-36(16-7-2)31(40)27-28-32(41)38(26(20-39)21(4)5)30(34(28)19-25(35)29(27)43-34)33(42)37(17-8-3)24-14-13-22-11-9-10-12-23(22)18-24/h6,8-14,18,21,25-30,39H,1,3,7,15-17,19-20H2,2,4-5H3/t25?,26-,27+,28-,29+,30?,34?/m0/s1. The maximum Gasteiger partial charge on any atom is 0.253 e. The van der Waals surface area contributed by atoms with E-state index < -0.39 is 35.6 Å². The zero-order valence-corrected chi connectivity index (χ0v) is 26.8. The molecule has 0 aromatic heterocycles. The summed E-state index contributed by atoms with van der Waals surface area (Å²) in [6, 6.07) is 12.1. The summed E-state index contributed by atoms with van der Waals surface area (Å²) in [4.78, 5) is 48.3. The molecule has 2 aromatic rings. The summed E-state index contributed by atoms with van der Waals surface area (Å²) in [6.45, 7) is 14.4. The molecule has 2 bridgehead atoms. The van der Waals surface area contributed by atoms with Gasteiger partial charge in [-0.2, -0.15) is 0 Å². The number of halogens is 1. The molecule has 3 amide bonds. The van der Waals surface area contributed by atoms with Crippen LogP contribution in [0.4, 0.5) is 5.69 Å². The van der Waals surface area contributed by atoms with Crippen molar-refractivity contribution >= 4 is 50.1 Å². The number of aliphatic hydroxyl groups excluding tert-OH is 1. The minimum absolute atomic E-state index is 0.142. The van der Waals surface area contributed by atoms with Crippen LogP contribution in [-0.4, -0.2) is 87.5 Å². The van der Waals surface area contributed by atoms with Gasteiger partial charge in [-0.15, -0.1) is 13.2 Å². The van der Waals surface area contributed by atoms with Gasteiger partial charge in [0.2, 0.25) is 11.8 Å². The Hall–Kier alpha value is -3.01. The van der Waals surface area contributed by atoms with Gasteiger partial charge in [-0.1, -0.05) is 79.2 Å². The van der Waals surface area contributed by atoms with Crippen LogP contribution in [-0.2, 0) is 19.1 Å². The Morgan fingerprint density at radius 3 is 2.47 bits per heavy atom. The number of rotatable bonds is 12. The zero-order chi connectivity index (χ0) is 31.1. The van der Waals surface area contributed by atoms with Crippen LogP contribution in [0.25, 0.3) is 10.8 Å². The van der Waals surface area contributed by atoms with Crippen molar-refractivity contribution < 1.29 is 24.2 Å². The van der Waals surface area contributed by atoms with Crippen LogP contribution in [0, 0.1) is 17.8 Å². The van der Waals surface area contributed by atoms with Crippen molar-refractivity contribution in [3.05, 3.63) is 67.8 Å². The third kappa shape index (κ3) is 5.13. The number of amides is 3. The van der Waals surface area contributed by atoms with Crippen molar-refractivity contribution in [2.45, 2.75) is 62.2 Å². The molecule has 3 fully saturated rings. The fourth-order valence-corrected chi connectivity index (χ4v) is 8.42. The van der Waals surface area contributed by atoms with E-state index >= 15 is 0 Å². The third-order valence-corrected chi connectivity index (χ3v) is 10.2. The second-order valence-corrected chi connectivity index (χ2v) is 13.4. The van der Waals surface area contributed by atoms with Gasteiger partial charge in [0, 0.05) is 30.1 Å². The molecular weight excluding hydrogens is 610 g/mol. The van der Waals surface area contributed by atoms with Crippen LogP contribution >= 0.6 is 15.9 Å². The van der Waals surface area contributed by atoms with Gasteiger partial charge in [0.15, 0.2) is 0 Å². The summed E-state index contributed by atoms with van der Waals surface area (Å²) in [7, 11) is 0. The Bertz CT molecular complexity index is 1410. The number of alkyl halides is 1. The lowest BCUT2D eigenvalue weighted by atomic mass is 9.70. The second kappa shape index (κ2) is 12.5. The van der Waals surface area contributed by atoms with Crippen molar-refractivity contribution in [3.8, 4) is 0 Å². The number of ether oxygens (including phenoxy) is 1. The molecule has 5 rings (SSSR count). The average molecular weight is 653 g/mol. The molecule has 0 saturated carbocycles. The smallest absolute Gasteiger partial charge is 0.253 e. The normalized spacial score (nSPS) is 28.3. The molecule has 1 N–H and O–H groups in total. The Balaban J connectivity index is 1.63. The number of hydrogen-bond acceptors (Lipinski definition) is 5. The highest BCUT2D eigenvalue weighted by molar-refractivity contribution is 9.09. The second-order valence-electron chi connectivity index (χ2n) is 12.2. The van der Waals surface area contributed by atoms with Gasteiger partial charge < -0.3 is 24.5 Å².